The van der Waals surface area contributed by atoms with E-state index in [0.717, 1.165) is 21.9 Å². The molecule has 4 rings (SSSR count). The fraction of sp³-hybridized carbons (Fsp3) is 0.167. The first-order valence-electron chi connectivity index (χ1n) is 9.60. The van der Waals surface area contributed by atoms with Crippen molar-refractivity contribution in [3.63, 3.8) is 0 Å². The second-order valence-corrected chi connectivity index (χ2v) is 6.43. The minimum absolute atomic E-state index is 0.250. The molecule has 0 saturated heterocycles. The maximum Gasteiger partial charge on any atom is 0.363 e. The lowest BCUT2D eigenvalue weighted by molar-refractivity contribution is -0.129. The van der Waals surface area contributed by atoms with Gasteiger partial charge in [0, 0.05) is 5.56 Å². The van der Waals surface area contributed by atoms with Crippen LogP contribution in [0, 0.1) is 0 Å². The minimum Gasteiger partial charge on any atom is -0.490 e. The summed E-state index contributed by atoms with van der Waals surface area (Å²) in [5, 5.41) is 2.05. The Morgan fingerprint density at radius 2 is 1.69 bits per heavy atom. The number of ether oxygens (including phenoxy) is 3. The summed E-state index contributed by atoms with van der Waals surface area (Å²) in [6, 6.07) is 19.3. The number of hydrogen-bond acceptors (Lipinski definition) is 5. The fourth-order valence-electron chi connectivity index (χ4n) is 3.25. The van der Waals surface area contributed by atoms with Crippen LogP contribution in [-0.4, -0.2) is 25.1 Å². The molecule has 0 aliphatic carbocycles. The van der Waals surface area contributed by atoms with Gasteiger partial charge in [-0.05, 0) is 54.5 Å². The Labute approximate surface area is 169 Å². The Kier molecular flexibility index (Phi) is 5.29. The zero-order valence-corrected chi connectivity index (χ0v) is 16.3. The lowest BCUT2D eigenvalue weighted by Crippen LogP contribution is -2.05. The Balaban J connectivity index is 1.70. The van der Waals surface area contributed by atoms with Crippen LogP contribution in [0.3, 0.4) is 0 Å². The van der Waals surface area contributed by atoms with Crippen LogP contribution in [0.25, 0.3) is 16.8 Å². The standard InChI is InChI=1S/C24H21NO4/c1-3-27-21-13-12-16(15-22(21)28-4-2)14-20-24(26)29-23(25-20)19-11-7-9-17-8-5-6-10-18(17)19/h5-15H,3-4H2,1-2H3. The highest BCUT2D eigenvalue weighted by Gasteiger charge is 2.25. The third kappa shape index (κ3) is 3.85. The van der Waals surface area contributed by atoms with Crippen molar-refractivity contribution in [2.45, 2.75) is 13.8 Å². The van der Waals surface area contributed by atoms with Gasteiger partial charge >= 0.3 is 5.97 Å². The number of esters is 1. The highest BCUT2D eigenvalue weighted by Crippen LogP contribution is 2.30. The van der Waals surface area contributed by atoms with Gasteiger partial charge in [0.05, 0.1) is 13.2 Å². The van der Waals surface area contributed by atoms with Gasteiger partial charge in [0.1, 0.15) is 0 Å². The van der Waals surface area contributed by atoms with Crippen LogP contribution in [0.2, 0.25) is 0 Å². The predicted octanol–water partition coefficient (Wildman–Crippen LogP) is 4.98. The molecular weight excluding hydrogens is 366 g/mol. The molecule has 0 unspecified atom stereocenters. The summed E-state index contributed by atoms with van der Waals surface area (Å²) >= 11 is 0. The summed E-state index contributed by atoms with van der Waals surface area (Å²) in [7, 11) is 0. The van der Waals surface area contributed by atoms with Crippen LogP contribution in [0.4, 0.5) is 0 Å². The Bertz CT molecular complexity index is 1130. The Morgan fingerprint density at radius 1 is 0.931 bits per heavy atom. The summed E-state index contributed by atoms with van der Waals surface area (Å²) in [6.45, 7) is 4.90. The maximum absolute atomic E-state index is 12.4. The molecule has 5 nitrogen and oxygen atoms in total. The fourth-order valence-corrected chi connectivity index (χ4v) is 3.25. The zero-order chi connectivity index (χ0) is 20.2. The van der Waals surface area contributed by atoms with Crippen LogP contribution in [0.15, 0.2) is 71.4 Å². The normalized spacial score (nSPS) is 14.8. The number of carbonyl (C=O) groups excluding carboxylic acids is 1. The van der Waals surface area contributed by atoms with E-state index < -0.39 is 5.97 Å². The number of aliphatic imine (C=N–C) groups is 1. The van der Waals surface area contributed by atoms with E-state index in [1.807, 2.05) is 74.5 Å². The summed E-state index contributed by atoms with van der Waals surface area (Å²) in [6.07, 6.45) is 1.69. The molecule has 0 bridgehead atoms. The van der Waals surface area contributed by atoms with E-state index in [9.17, 15) is 4.79 Å². The molecule has 146 valence electrons. The van der Waals surface area contributed by atoms with Crippen molar-refractivity contribution in [3.8, 4) is 11.5 Å². The summed E-state index contributed by atoms with van der Waals surface area (Å²) in [5.41, 5.74) is 1.83. The predicted molar refractivity (Wildman–Crippen MR) is 113 cm³/mol. The molecule has 3 aromatic rings. The number of nitrogens with zero attached hydrogens (tertiary/aromatic N) is 1. The molecule has 0 fully saturated rings. The Hall–Kier alpha value is -3.60. The molecule has 0 aromatic heterocycles. The van der Waals surface area contributed by atoms with E-state index in [0.29, 0.717) is 30.6 Å². The average Bonchev–Trinajstić information content (AvgIpc) is 3.10. The first-order chi connectivity index (χ1) is 14.2. The molecule has 1 heterocycles. The van der Waals surface area contributed by atoms with Gasteiger partial charge in [0.2, 0.25) is 5.90 Å². The largest absolute Gasteiger partial charge is 0.490 e. The van der Waals surface area contributed by atoms with E-state index in [1.165, 1.54) is 0 Å². The SMILES string of the molecule is CCOc1ccc(C=C2N=C(c3cccc4ccccc34)OC2=O)cc1OCC. The molecule has 1 aliphatic rings. The third-order valence-electron chi connectivity index (χ3n) is 4.51. The van der Waals surface area contributed by atoms with E-state index in [1.54, 1.807) is 6.08 Å². The van der Waals surface area contributed by atoms with Gasteiger partial charge in [0.15, 0.2) is 17.2 Å². The van der Waals surface area contributed by atoms with Crippen LogP contribution < -0.4 is 9.47 Å². The molecule has 1 aliphatic heterocycles. The second kappa shape index (κ2) is 8.19. The Morgan fingerprint density at radius 3 is 2.52 bits per heavy atom. The third-order valence-corrected chi connectivity index (χ3v) is 4.51. The van der Waals surface area contributed by atoms with Crippen molar-refractivity contribution in [1.29, 1.82) is 0 Å². The first-order valence-corrected chi connectivity index (χ1v) is 9.60. The van der Waals surface area contributed by atoms with Gasteiger partial charge in [-0.25, -0.2) is 9.79 Å². The molecule has 0 radical (unpaired) electrons. The van der Waals surface area contributed by atoms with Crippen molar-refractivity contribution in [3.05, 3.63) is 77.5 Å². The van der Waals surface area contributed by atoms with Gasteiger partial charge in [0.25, 0.3) is 0 Å². The monoisotopic (exact) mass is 387 g/mol. The topological polar surface area (TPSA) is 57.1 Å². The van der Waals surface area contributed by atoms with Gasteiger partial charge in [-0.1, -0.05) is 42.5 Å². The van der Waals surface area contributed by atoms with Crippen LogP contribution in [0.1, 0.15) is 25.0 Å². The van der Waals surface area contributed by atoms with Crippen molar-refractivity contribution >= 4 is 28.7 Å². The number of cyclic esters (lactones) is 1. The van der Waals surface area contributed by atoms with Crippen molar-refractivity contribution in [1.82, 2.24) is 0 Å². The minimum atomic E-state index is -0.472. The average molecular weight is 387 g/mol. The van der Waals surface area contributed by atoms with Gasteiger partial charge in [-0.15, -0.1) is 0 Å². The molecule has 0 saturated carbocycles. The number of carbonyl (C=O) groups is 1. The van der Waals surface area contributed by atoms with E-state index >= 15 is 0 Å². The zero-order valence-electron chi connectivity index (χ0n) is 16.3. The molecule has 29 heavy (non-hydrogen) atoms. The van der Waals surface area contributed by atoms with Crippen LogP contribution in [-0.2, 0) is 9.53 Å². The first kappa shape index (κ1) is 18.7. The molecular formula is C24H21NO4. The van der Waals surface area contributed by atoms with Gasteiger partial charge < -0.3 is 14.2 Å². The number of rotatable bonds is 6. The number of benzene rings is 3. The highest BCUT2D eigenvalue weighted by molar-refractivity contribution is 6.17. The number of fused-ring (bicyclic) bond motifs is 1. The van der Waals surface area contributed by atoms with Crippen molar-refractivity contribution < 1.29 is 19.0 Å². The summed E-state index contributed by atoms with van der Waals surface area (Å²) in [5.74, 6) is 1.15. The van der Waals surface area contributed by atoms with Crippen LogP contribution in [0.5, 0.6) is 11.5 Å². The quantitative estimate of drug-likeness (QED) is 0.442. The van der Waals surface area contributed by atoms with Crippen molar-refractivity contribution in [2.75, 3.05) is 13.2 Å². The molecule has 0 N–H and O–H groups in total. The highest BCUT2D eigenvalue weighted by atomic mass is 16.6. The van der Waals surface area contributed by atoms with Gasteiger partial charge in [-0.3, -0.25) is 0 Å². The van der Waals surface area contributed by atoms with Crippen LogP contribution >= 0.6 is 0 Å². The molecule has 3 aromatic carbocycles. The molecule has 0 amide bonds. The second-order valence-electron chi connectivity index (χ2n) is 6.43. The van der Waals surface area contributed by atoms with E-state index in [2.05, 4.69) is 4.99 Å². The maximum atomic E-state index is 12.4. The number of hydrogen-bond donors (Lipinski definition) is 0. The molecule has 5 heteroatoms. The molecule has 0 spiro atoms. The molecule has 0 atom stereocenters. The lowest BCUT2D eigenvalue weighted by atomic mass is 10.0. The van der Waals surface area contributed by atoms with E-state index in [-0.39, 0.29) is 5.70 Å². The van der Waals surface area contributed by atoms with Crippen molar-refractivity contribution in [2.24, 2.45) is 4.99 Å². The van der Waals surface area contributed by atoms with E-state index in [4.69, 9.17) is 14.2 Å². The summed E-state index contributed by atoms with van der Waals surface area (Å²) in [4.78, 5) is 16.9. The summed E-state index contributed by atoms with van der Waals surface area (Å²) < 4.78 is 16.7. The lowest BCUT2D eigenvalue weighted by Gasteiger charge is -2.11. The van der Waals surface area contributed by atoms with Gasteiger partial charge in [-0.2, -0.15) is 0 Å². The smallest absolute Gasteiger partial charge is 0.363 e.